The highest BCUT2D eigenvalue weighted by atomic mass is 35.5. The monoisotopic (exact) mass is 295 g/mol. The normalized spacial score (nSPS) is 11.3. The fourth-order valence-electron chi connectivity index (χ4n) is 2.32. The van der Waals surface area contributed by atoms with E-state index in [0.717, 1.165) is 21.9 Å². The third-order valence-electron chi connectivity index (χ3n) is 3.35. The van der Waals surface area contributed by atoms with Crippen LogP contribution in [0.1, 0.15) is 11.1 Å². The molecule has 0 radical (unpaired) electrons. The number of phenols is 1. The molecular weight excluding hydrogens is 282 g/mol. The fraction of sp³-hybridized carbons (Fsp3) is 0.0556. The van der Waals surface area contributed by atoms with Crippen LogP contribution in [0.15, 0.2) is 65.7 Å². The Bertz CT molecular complexity index is 811. The summed E-state index contributed by atoms with van der Waals surface area (Å²) in [5.74, 6) is 0.275. The van der Waals surface area contributed by atoms with E-state index < -0.39 is 0 Å². The summed E-state index contributed by atoms with van der Waals surface area (Å²) in [5.41, 5.74) is 1.79. The highest BCUT2D eigenvalue weighted by Gasteiger charge is 2.05. The first-order valence-electron chi connectivity index (χ1n) is 6.69. The van der Waals surface area contributed by atoms with Gasteiger partial charge in [-0.2, -0.15) is 0 Å². The maximum atomic E-state index is 10.1. The molecule has 0 amide bonds. The van der Waals surface area contributed by atoms with E-state index in [0.29, 0.717) is 11.6 Å². The van der Waals surface area contributed by atoms with Crippen molar-refractivity contribution in [3.8, 4) is 5.75 Å². The summed E-state index contributed by atoms with van der Waals surface area (Å²) >= 11 is 5.94. The number of phenolic OH excluding ortho intramolecular Hbond substituents is 1. The lowest BCUT2D eigenvalue weighted by atomic mass is 10.0. The van der Waals surface area contributed by atoms with Gasteiger partial charge < -0.3 is 5.11 Å². The minimum atomic E-state index is 0.275. The molecule has 0 spiro atoms. The maximum absolute atomic E-state index is 10.1. The smallest absolute Gasteiger partial charge is 0.121 e. The van der Waals surface area contributed by atoms with E-state index in [2.05, 4.69) is 4.99 Å². The molecule has 0 fully saturated rings. The van der Waals surface area contributed by atoms with Crippen LogP contribution in [0.5, 0.6) is 5.75 Å². The van der Waals surface area contributed by atoms with Crippen molar-refractivity contribution in [2.75, 3.05) is 0 Å². The van der Waals surface area contributed by atoms with Crippen LogP contribution >= 0.6 is 11.6 Å². The van der Waals surface area contributed by atoms with Crippen molar-refractivity contribution in [3.63, 3.8) is 0 Å². The van der Waals surface area contributed by atoms with E-state index in [-0.39, 0.29) is 5.75 Å². The number of hydrogen-bond donors (Lipinski definition) is 1. The van der Waals surface area contributed by atoms with Crippen LogP contribution < -0.4 is 0 Å². The number of benzene rings is 3. The van der Waals surface area contributed by atoms with Crippen molar-refractivity contribution >= 4 is 28.6 Å². The van der Waals surface area contributed by atoms with Gasteiger partial charge in [-0.05, 0) is 34.5 Å². The number of aliphatic imine (C=N–C) groups is 1. The lowest BCUT2D eigenvalue weighted by molar-refractivity contribution is 0.470. The van der Waals surface area contributed by atoms with Crippen molar-refractivity contribution in [2.24, 2.45) is 4.99 Å². The van der Waals surface area contributed by atoms with Gasteiger partial charge in [0.15, 0.2) is 0 Å². The average molecular weight is 296 g/mol. The van der Waals surface area contributed by atoms with E-state index in [4.69, 9.17) is 11.6 Å². The molecule has 0 saturated carbocycles. The standard InChI is InChI=1S/C18H14ClNO/c19-15-6-3-4-13(10-15)11-20-12-17-16-7-2-1-5-14(16)8-9-18(17)21/h1-11,21H,12H2. The summed E-state index contributed by atoms with van der Waals surface area (Å²) in [6.07, 6.45) is 1.77. The lowest BCUT2D eigenvalue weighted by Gasteiger charge is -2.06. The van der Waals surface area contributed by atoms with Gasteiger partial charge in [-0.3, -0.25) is 4.99 Å². The number of rotatable bonds is 3. The Balaban J connectivity index is 1.90. The van der Waals surface area contributed by atoms with Gasteiger partial charge in [-0.15, -0.1) is 0 Å². The fourth-order valence-corrected chi connectivity index (χ4v) is 2.52. The van der Waals surface area contributed by atoms with Crippen LogP contribution in [-0.4, -0.2) is 11.3 Å². The zero-order valence-corrected chi connectivity index (χ0v) is 12.1. The molecule has 0 unspecified atom stereocenters. The highest BCUT2D eigenvalue weighted by Crippen LogP contribution is 2.27. The summed E-state index contributed by atoms with van der Waals surface area (Å²) in [6, 6.07) is 19.1. The van der Waals surface area contributed by atoms with E-state index in [1.54, 1.807) is 12.3 Å². The SMILES string of the molecule is Oc1ccc2ccccc2c1CN=Cc1cccc(Cl)c1. The summed E-state index contributed by atoms with van der Waals surface area (Å²) in [5, 5.41) is 12.9. The van der Waals surface area contributed by atoms with E-state index in [1.165, 1.54) is 0 Å². The molecule has 0 aromatic heterocycles. The first-order valence-corrected chi connectivity index (χ1v) is 7.07. The summed E-state index contributed by atoms with van der Waals surface area (Å²) in [7, 11) is 0. The third-order valence-corrected chi connectivity index (χ3v) is 3.59. The van der Waals surface area contributed by atoms with Gasteiger partial charge in [0.1, 0.15) is 5.75 Å². The second kappa shape index (κ2) is 5.98. The van der Waals surface area contributed by atoms with Crippen LogP contribution in [-0.2, 0) is 6.54 Å². The van der Waals surface area contributed by atoms with Crippen molar-refractivity contribution in [3.05, 3.63) is 76.8 Å². The third kappa shape index (κ3) is 3.06. The Morgan fingerprint density at radius 1 is 1.00 bits per heavy atom. The molecule has 0 aliphatic carbocycles. The molecule has 104 valence electrons. The molecule has 0 atom stereocenters. The number of halogens is 1. The maximum Gasteiger partial charge on any atom is 0.121 e. The van der Waals surface area contributed by atoms with Gasteiger partial charge in [-0.1, -0.05) is 54.1 Å². The Labute approximate surface area is 128 Å². The van der Waals surface area contributed by atoms with Gasteiger partial charge in [0, 0.05) is 16.8 Å². The lowest BCUT2D eigenvalue weighted by Crippen LogP contribution is -1.88. The number of nitrogens with zero attached hydrogens (tertiary/aromatic N) is 1. The van der Waals surface area contributed by atoms with Crippen molar-refractivity contribution < 1.29 is 5.11 Å². The highest BCUT2D eigenvalue weighted by molar-refractivity contribution is 6.30. The van der Waals surface area contributed by atoms with Gasteiger partial charge >= 0.3 is 0 Å². The van der Waals surface area contributed by atoms with Crippen LogP contribution in [0.4, 0.5) is 0 Å². The van der Waals surface area contributed by atoms with Gasteiger partial charge in [0.05, 0.1) is 6.54 Å². The van der Waals surface area contributed by atoms with Crippen molar-refractivity contribution in [2.45, 2.75) is 6.54 Å². The second-order valence-corrected chi connectivity index (χ2v) is 5.25. The van der Waals surface area contributed by atoms with E-state index in [9.17, 15) is 5.11 Å². The molecule has 0 saturated heterocycles. The van der Waals surface area contributed by atoms with E-state index >= 15 is 0 Å². The molecule has 0 heterocycles. The van der Waals surface area contributed by atoms with Gasteiger partial charge in [-0.25, -0.2) is 0 Å². The minimum absolute atomic E-state index is 0.275. The van der Waals surface area contributed by atoms with Crippen LogP contribution in [0.2, 0.25) is 5.02 Å². The molecule has 3 aromatic rings. The Morgan fingerprint density at radius 2 is 1.86 bits per heavy atom. The second-order valence-electron chi connectivity index (χ2n) is 4.81. The molecule has 21 heavy (non-hydrogen) atoms. The zero-order chi connectivity index (χ0) is 14.7. The topological polar surface area (TPSA) is 32.6 Å². The first kappa shape index (κ1) is 13.7. The quantitative estimate of drug-likeness (QED) is 0.690. The van der Waals surface area contributed by atoms with Crippen LogP contribution in [0.25, 0.3) is 10.8 Å². The van der Waals surface area contributed by atoms with E-state index in [1.807, 2.05) is 54.6 Å². The zero-order valence-electron chi connectivity index (χ0n) is 11.3. The average Bonchev–Trinajstić information content (AvgIpc) is 2.50. The largest absolute Gasteiger partial charge is 0.508 e. The molecule has 3 heteroatoms. The molecule has 1 N–H and O–H groups in total. The summed E-state index contributed by atoms with van der Waals surface area (Å²) < 4.78 is 0. The summed E-state index contributed by atoms with van der Waals surface area (Å²) in [6.45, 7) is 0.430. The van der Waals surface area contributed by atoms with Crippen molar-refractivity contribution in [1.82, 2.24) is 0 Å². The summed E-state index contributed by atoms with van der Waals surface area (Å²) in [4.78, 5) is 4.42. The van der Waals surface area contributed by atoms with Gasteiger partial charge in [0.2, 0.25) is 0 Å². The van der Waals surface area contributed by atoms with Crippen LogP contribution in [0, 0.1) is 0 Å². The molecule has 0 bridgehead atoms. The number of aromatic hydroxyl groups is 1. The Hall–Kier alpha value is -2.32. The molecule has 3 rings (SSSR count). The molecule has 0 aliphatic heterocycles. The Kier molecular flexibility index (Phi) is 3.89. The predicted molar refractivity (Wildman–Crippen MR) is 88.4 cm³/mol. The molecule has 3 aromatic carbocycles. The van der Waals surface area contributed by atoms with Gasteiger partial charge in [0.25, 0.3) is 0 Å². The minimum Gasteiger partial charge on any atom is -0.508 e. The Morgan fingerprint density at radius 3 is 2.71 bits per heavy atom. The van der Waals surface area contributed by atoms with Crippen LogP contribution in [0.3, 0.4) is 0 Å². The van der Waals surface area contributed by atoms with Crippen molar-refractivity contribution in [1.29, 1.82) is 0 Å². The first-order chi connectivity index (χ1) is 10.2. The number of hydrogen-bond acceptors (Lipinski definition) is 2. The molecular formula is C18H14ClNO. The molecule has 2 nitrogen and oxygen atoms in total. The molecule has 0 aliphatic rings. The number of fused-ring (bicyclic) bond motifs is 1. The predicted octanol–water partition coefficient (Wildman–Crippen LogP) is 4.82.